The average molecular weight is 159 g/mol. The van der Waals surface area contributed by atoms with E-state index in [2.05, 4.69) is 0 Å². The molecule has 1 N–H and O–H groups in total. The molecule has 10 heavy (non-hydrogen) atoms. The molecule has 0 amide bonds. The Kier molecular flexibility index (Phi) is 2.52. The minimum absolute atomic E-state index is 0.207. The van der Waals surface area contributed by atoms with Crippen LogP contribution in [0.1, 0.15) is 6.92 Å². The molecule has 0 spiro atoms. The molecular formula is C8H11ClO. The molecule has 1 nitrogen and oxygen atoms in total. The molecule has 0 aromatic rings. The zero-order valence-electron chi connectivity index (χ0n) is 5.92. The minimum atomic E-state index is 0.207. The minimum Gasteiger partial charge on any atom is -0.396 e. The van der Waals surface area contributed by atoms with E-state index in [-0.39, 0.29) is 12.5 Å². The first-order valence-corrected chi connectivity index (χ1v) is 3.78. The quantitative estimate of drug-likeness (QED) is 0.618. The van der Waals surface area contributed by atoms with Crippen LogP contribution in [0.4, 0.5) is 0 Å². The monoisotopic (exact) mass is 158 g/mol. The second-order valence-electron chi connectivity index (χ2n) is 2.62. The van der Waals surface area contributed by atoms with Crippen LogP contribution in [0.25, 0.3) is 0 Å². The molecule has 0 radical (unpaired) electrons. The van der Waals surface area contributed by atoms with E-state index in [9.17, 15) is 0 Å². The third-order valence-corrected chi connectivity index (χ3v) is 2.06. The van der Waals surface area contributed by atoms with Crippen LogP contribution in [0.2, 0.25) is 0 Å². The van der Waals surface area contributed by atoms with Crippen LogP contribution >= 0.6 is 11.6 Å². The standard InChI is InChI=1S/C8H11ClO/c1-6-4-8(9)3-2-7(6)5-10/h2-4,6-7,10H,5H2,1H3. The molecule has 2 atom stereocenters. The van der Waals surface area contributed by atoms with Crippen molar-refractivity contribution in [2.45, 2.75) is 6.92 Å². The van der Waals surface area contributed by atoms with Crippen LogP contribution in [0.3, 0.4) is 0 Å². The third-order valence-electron chi connectivity index (χ3n) is 1.81. The molecule has 56 valence electrons. The van der Waals surface area contributed by atoms with Crippen LogP contribution < -0.4 is 0 Å². The molecule has 2 unspecified atom stereocenters. The van der Waals surface area contributed by atoms with Gasteiger partial charge in [0.2, 0.25) is 0 Å². The summed E-state index contributed by atoms with van der Waals surface area (Å²) in [6.07, 6.45) is 5.75. The second-order valence-corrected chi connectivity index (χ2v) is 3.05. The van der Waals surface area contributed by atoms with Crippen molar-refractivity contribution in [2.75, 3.05) is 6.61 Å². The number of allylic oxidation sites excluding steroid dienone is 3. The molecule has 2 heteroatoms. The largest absolute Gasteiger partial charge is 0.396 e. The van der Waals surface area contributed by atoms with E-state index in [1.165, 1.54) is 0 Å². The highest BCUT2D eigenvalue weighted by Crippen LogP contribution is 2.23. The van der Waals surface area contributed by atoms with Crippen LogP contribution in [0, 0.1) is 11.8 Å². The van der Waals surface area contributed by atoms with Gasteiger partial charge in [0.15, 0.2) is 0 Å². The van der Waals surface area contributed by atoms with Gasteiger partial charge in [-0.2, -0.15) is 0 Å². The fourth-order valence-corrected chi connectivity index (χ4v) is 1.32. The van der Waals surface area contributed by atoms with Gasteiger partial charge in [-0.05, 0) is 12.0 Å². The smallest absolute Gasteiger partial charge is 0.0499 e. The van der Waals surface area contributed by atoms with E-state index < -0.39 is 0 Å². The highest BCUT2D eigenvalue weighted by atomic mass is 35.5. The van der Waals surface area contributed by atoms with E-state index in [0.29, 0.717) is 5.92 Å². The lowest BCUT2D eigenvalue weighted by molar-refractivity contribution is 0.229. The molecule has 0 aliphatic heterocycles. The summed E-state index contributed by atoms with van der Waals surface area (Å²) in [5.74, 6) is 0.616. The first kappa shape index (κ1) is 7.83. The molecular weight excluding hydrogens is 148 g/mol. The fourth-order valence-electron chi connectivity index (χ4n) is 1.05. The van der Waals surface area contributed by atoms with Gasteiger partial charge in [0.1, 0.15) is 0 Å². The van der Waals surface area contributed by atoms with Crippen molar-refractivity contribution in [3.8, 4) is 0 Å². The summed E-state index contributed by atoms with van der Waals surface area (Å²) >= 11 is 5.73. The number of halogens is 1. The predicted octanol–water partition coefficient (Wildman–Crippen LogP) is 1.92. The maximum absolute atomic E-state index is 8.82. The Morgan fingerprint density at radius 1 is 1.70 bits per heavy atom. The van der Waals surface area contributed by atoms with Gasteiger partial charge >= 0.3 is 0 Å². The number of rotatable bonds is 1. The van der Waals surface area contributed by atoms with Crippen molar-refractivity contribution in [1.82, 2.24) is 0 Å². The second kappa shape index (κ2) is 3.22. The summed E-state index contributed by atoms with van der Waals surface area (Å²) in [6.45, 7) is 2.26. The Morgan fingerprint density at radius 3 is 2.90 bits per heavy atom. The highest BCUT2D eigenvalue weighted by Gasteiger charge is 2.14. The normalized spacial score (nSPS) is 32.1. The van der Waals surface area contributed by atoms with Crippen LogP contribution in [-0.4, -0.2) is 11.7 Å². The van der Waals surface area contributed by atoms with Gasteiger partial charge in [-0.15, -0.1) is 0 Å². The summed E-state index contributed by atoms with van der Waals surface area (Å²) in [5, 5.41) is 9.60. The lowest BCUT2D eigenvalue weighted by Crippen LogP contribution is -2.13. The van der Waals surface area contributed by atoms with E-state index >= 15 is 0 Å². The molecule has 0 saturated carbocycles. The SMILES string of the molecule is CC1C=C(Cl)C=CC1CO. The Hall–Kier alpha value is -0.270. The first-order chi connectivity index (χ1) is 4.74. The van der Waals surface area contributed by atoms with Gasteiger partial charge in [-0.25, -0.2) is 0 Å². The van der Waals surface area contributed by atoms with E-state index in [0.717, 1.165) is 5.03 Å². The zero-order valence-corrected chi connectivity index (χ0v) is 6.67. The van der Waals surface area contributed by atoms with Crippen LogP contribution in [-0.2, 0) is 0 Å². The molecule has 0 fully saturated rings. The van der Waals surface area contributed by atoms with E-state index in [4.69, 9.17) is 16.7 Å². The van der Waals surface area contributed by atoms with Crippen molar-refractivity contribution in [3.05, 3.63) is 23.3 Å². The Labute approximate surface area is 66.0 Å². The zero-order chi connectivity index (χ0) is 7.56. The van der Waals surface area contributed by atoms with Gasteiger partial charge in [0, 0.05) is 17.6 Å². The number of aliphatic hydroxyl groups is 1. The summed E-state index contributed by atoms with van der Waals surface area (Å²) in [4.78, 5) is 0. The molecule has 0 aromatic heterocycles. The third kappa shape index (κ3) is 1.61. The molecule has 1 aliphatic carbocycles. The Balaban J connectivity index is 2.64. The average Bonchev–Trinajstić information content (AvgIpc) is 1.88. The van der Waals surface area contributed by atoms with Crippen molar-refractivity contribution in [3.63, 3.8) is 0 Å². The van der Waals surface area contributed by atoms with E-state index in [1.807, 2.05) is 25.2 Å². The van der Waals surface area contributed by atoms with Gasteiger partial charge in [0.05, 0.1) is 0 Å². The maximum atomic E-state index is 8.82. The fraction of sp³-hybridized carbons (Fsp3) is 0.500. The Morgan fingerprint density at radius 2 is 2.40 bits per heavy atom. The molecule has 0 aromatic carbocycles. The number of hydrogen-bond donors (Lipinski definition) is 1. The van der Waals surface area contributed by atoms with E-state index in [1.54, 1.807) is 0 Å². The lowest BCUT2D eigenvalue weighted by atomic mass is 9.91. The molecule has 0 heterocycles. The van der Waals surface area contributed by atoms with Crippen LogP contribution in [0.15, 0.2) is 23.3 Å². The van der Waals surface area contributed by atoms with Gasteiger partial charge in [-0.1, -0.05) is 30.7 Å². The lowest BCUT2D eigenvalue weighted by Gasteiger charge is -2.18. The van der Waals surface area contributed by atoms with Crippen molar-refractivity contribution < 1.29 is 5.11 Å². The number of hydrogen-bond acceptors (Lipinski definition) is 1. The van der Waals surface area contributed by atoms with Crippen molar-refractivity contribution in [1.29, 1.82) is 0 Å². The van der Waals surface area contributed by atoms with Gasteiger partial charge < -0.3 is 5.11 Å². The summed E-state index contributed by atoms with van der Waals surface area (Å²) in [6, 6.07) is 0. The van der Waals surface area contributed by atoms with Gasteiger partial charge in [0.25, 0.3) is 0 Å². The highest BCUT2D eigenvalue weighted by molar-refractivity contribution is 6.31. The Bertz CT molecular complexity index is 172. The molecule has 0 saturated heterocycles. The van der Waals surface area contributed by atoms with Crippen molar-refractivity contribution in [2.24, 2.45) is 11.8 Å². The molecule has 1 rings (SSSR count). The van der Waals surface area contributed by atoms with Crippen molar-refractivity contribution >= 4 is 11.6 Å². The first-order valence-electron chi connectivity index (χ1n) is 3.40. The number of aliphatic hydroxyl groups excluding tert-OH is 1. The summed E-state index contributed by atoms with van der Waals surface area (Å²) in [5.41, 5.74) is 0. The van der Waals surface area contributed by atoms with Crippen LogP contribution in [0.5, 0.6) is 0 Å². The molecule has 0 bridgehead atoms. The van der Waals surface area contributed by atoms with Gasteiger partial charge in [-0.3, -0.25) is 0 Å². The summed E-state index contributed by atoms with van der Waals surface area (Å²) < 4.78 is 0. The predicted molar refractivity (Wildman–Crippen MR) is 42.8 cm³/mol. The topological polar surface area (TPSA) is 20.2 Å². The maximum Gasteiger partial charge on any atom is 0.0499 e. The summed E-state index contributed by atoms with van der Waals surface area (Å²) in [7, 11) is 0. The molecule has 1 aliphatic rings.